The van der Waals surface area contributed by atoms with E-state index in [9.17, 15) is 13.2 Å². The van der Waals surface area contributed by atoms with Gasteiger partial charge in [0.2, 0.25) is 0 Å². The molecular weight excluding hydrogens is 468 g/mol. The molecule has 0 saturated heterocycles. The molecule has 178 valence electrons. The number of rotatable bonds is 5. The smallest absolute Gasteiger partial charge is 0.264 e. The third-order valence-corrected chi connectivity index (χ3v) is 8.76. The summed E-state index contributed by atoms with van der Waals surface area (Å²) in [6.07, 6.45) is 0.537. The third kappa shape index (κ3) is 4.44. The van der Waals surface area contributed by atoms with Gasteiger partial charge in [0.05, 0.1) is 16.6 Å². The number of hydrogen-bond donors (Lipinski definition) is 1. The van der Waals surface area contributed by atoms with E-state index < -0.39 is 10.0 Å². The van der Waals surface area contributed by atoms with Gasteiger partial charge in [-0.25, -0.2) is 8.42 Å². The van der Waals surface area contributed by atoms with Crippen LogP contribution in [0.15, 0.2) is 59.5 Å². The number of fused-ring (bicyclic) bond motifs is 1. The van der Waals surface area contributed by atoms with E-state index in [0.29, 0.717) is 22.7 Å². The Bertz CT molecular complexity index is 1370. The zero-order chi connectivity index (χ0) is 24.8. The second-order valence-electron chi connectivity index (χ2n) is 9.14. The molecule has 0 aromatic heterocycles. The number of hydrogen-bond acceptors (Lipinski definition) is 3. The Balaban J connectivity index is 1.58. The number of nitrogens with one attached hydrogen (secondary N) is 1. The van der Waals surface area contributed by atoms with Crippen molar-refractivity contribution in [1.82, 2.24) is 5.32 Å². The van der Waals surface area contributed by atoms with Crippen LogP contribution in [0.5, 0.6) is 0 Å². The van der Waals surface area contributed by atoms with Gasteiger partial charge in [-0.2, -0.15) is 0 Å². The Morgan fingerprint density at radius 3 is 2.32 bits per heavy atom. The maximum atomic E-state index is 13.3. The number of aryl methyl sites for hydroxylation is 3. The number of carbonyl (C=O) groups excluding carboxylic acids is 1. The molecule has 1 N–H and O–H groups in total. The maximum Gasteiger partial charge on any atom is 0.264 e. The van der Waals surface area contributed by atoms with E-state index in [1.807, 2.05) is 13.8 Å². The van der Waals surface area contributed by atoms with E-state index in [1.54, 1.807) is 30.3 Å². The van der Waals surface area contributed by atoms with Gasteiger partial charge in [-0.3, -0.25) is 9.10 Å². The predicted octanol–water partition coefficient (Wildman–Crippen LogP) is 5.90. The van der Waals surface area contributed by atoms with E-state index in [-0.39, 0.29) is 22.9 Å². The van der Waals surface area contributed by atoms with Gasteiger partial charge < -0.3 is 5.32 Å². The zero-order valence-electron chi connectivity index (χ0n) is 20.0. The lowest BCUT2D eigenvalue weighted by Crippen LogP contribution is -2.35. The zero-order valence-corrected chi connectivity index (χ0v) is 21.6. The molecule has 3 aromatic carbocycles. The van der Waals surface area contributed by atoms with Crippen molar-refractivity contribution in [1.29, 1.82) is 0 Å². The molecular formula is C27H29ClN2O3S. The highest BCUT2D eigenvalue weighted by atomic mass is 35.5. The SMILES string of the molecule is Cc1cc(C)c(C(C)NC(=O)c2ccc3c(c2)CC(C)N3S(=O)(=O)c2ccc(Cl)cc2)cc1C. The lowest BCUT2D eigenvalue weighted by Gasteiger charge is -2.24. The molecule has 5 nitrogen and oxygen atoms in total. The first-order valence-corrected chi connectivity index (χ1v) is 13.1. The monoisotopic (exact) mass is 496 g/mol. The fourth-order valence-electron chi connectivity index (χ4n) is 4.64. The average Bonchev–Trinajstić information content (AvgIpc) is 3.12. The topological polar surface area (TPSA) is 66.5 Å². The second-order valence-corrected chi connectivity index (χ2v) is 11.4. The minimum absolute atomic E-state index is 0.152. The molecule has 0 fully saturated rings. The molecule has 0 radical (unpaired) electrons. The predicted molar refractivity (Wildman–Crippen MR) is 137 cm³/mol. The molecule has 4 rings (SSSR count). The van der Waals surface area contributed by atoms with Gasteiger partial charge >= 0.3 is 0 Å². The summed E-state index contributed by atoms with van der Waals surface area (Å²) in [7, 11) is -3.74. The minimum atomic E-state index is -3.74. The van der Waals surface area contributed by atoms with Crippen LogP contribution >= 0.6 is 11.6 Å². The van der Waals surface area contributed by atoms with Crippen molar-refractivity contribution < 1.29 is 13.2 Å². The molecule has 1 amide bonds. The van der Waals surface area contributed by atoms with Crippen LogP contribution in [0.2, 0.25) is 5.02 Å². The molecule has 1 aliphatic heterocycles. The fraction of sp³-hybridized carbons (Fsp3) is 0.296. The number of benzene rings is 3. The Hall–Kier alpha value is -2.83. The Kier molecular flexibility index (Phi) is 6.49. The highest BCUT2D eigenvalue weighted by molar-refractivity contribution is 7.92. The first-order valence-electron chi connectivity index (χ1n) is 11.3. The highest BCUT2D eigenvalue weighted by Crippen LogP contribution is 2.37. The molecule has 34 heavy (non-hydrogen) atoms. The van der Waals surface area contributed by atoms with Gasteiger partial charge in [0, 0.05) is 16.6 Å². The van der Waals surface area contributed by atoms with Gasteiger partial charge in [0.15, 0.2) is 0 Å². The van der Waals surface area contributed by atoms with Crippen molar-refractivity contribution in [2.45, 2.75) is 58.0 Å². The average molecular weight is 497 g/mol. The van der Waals surface area contributed by atoms with E-state index in [2.05, 4.69) is 38.2 Å². The minimum Gasteiger partial charge on any atom is -0.346 e. The summed E-state index contributed by atoms with van der Waals surface area (Å²) in [4.78, 5) is 13.2. The Labute approximate surface area is 206 Å². The van der Waals surface area contributed by atoms with Crippen molar-refractivity contribution >= 4 is 33.2 Å². The summed E-state index contributed by atoms with van der Waals surface area (Å²) >= 11 is 5.93. The summed E-state index contributed by atoms with van der Waals surface area (Å²) in [5, 5.41) is 3.57. The van der Waals surface area contributed by atoms with Crippen molar-refractivity contribution in [3.63, 3.8) is 0 Å². The van der Waals surface area contributed by atoms with Crippen LogP contribution in [0.1, 0.15) is 58.1 Å². The van der Waals surface area contributed by atoms with Gasteiger partial charge in [-0.15, -0.1) is 0 Å². The molecule has 2 unspecified atom stereocenters. The molecule has 0 saturated carbocycles. The van der Waals surface area contributed by atoms with Crippen LogP contribution in [0.25, 0.3) is 0 Å². The first-order chi connectivity index (χ1) is 16.0. The molecule has 1 aliphatic rings. The molecule has 7 heteroatoms. The summed E-state index contributed by atoms with van der Waals surface area (Å²) in [6, 6.07) is 15.2. The van der Waals surface area contributed by atoms with Crippen LogP contribution in [0.3, 0.4) is 0 Å². The van der Waals surface area contributed by atoms with Crippen molar-refractivity contribution in [2.75, 3.05) is 4.31 Å². The lowest BCUT2D eigenvalue weighted by molar-refractivity contribution is 0.0939. The van der Waals surface area contributed by atoms with E-state index >= 15 is 0 Å². The Morgan fingerprint density at radius 1 is 1.00 bits per heavy atom. The number of sulfonamides is 1. The molecule has 2 atom stereocenters. The van der Waals surface area contributed by atoms with Gasteiger partial charge in [0.25, 0.3) is 15.9 Å². The third-order valence-electron chi connectivity index (χ3n) is 6.56. The largest absolute Gasteiger partial charge is 0.346 e. The maximum absolute atomic E-state index is 13.3. The highest BCUT2D eigenvalue weighted by Gasteiger charge is 2.36. The Morgan fingerprint density at radius 2 is 1.65 bits per heavy atom. The van der Waals surface area contributed by atoms with Crippen molar-refractivity contribution in [2.24, 2.45) is 0 Å². The molecule has 0 aliphatic carbocycles. The number of carbonyl (C=O) groups is 1. The summed E-state index contributed by atoms with van der Waals surface area (Å²) in [5.41, 5.74) is 6.61. The second kappa shape index (κ2) is 9.08. The van der Waals surface area contributed by atoms with Gasteiger partial charge in [-0.1, -0.05) is 23.7 Å². The van der Waals surface area contributed by atoms with E-state index in [0.717, 1.165) is 16.7 Å². The van der Waals surface area contributed by atoms with Crippen LogP contribution in [-0.2, 0) is 16.4 Å². The summed E-state index contributed by atoms with van der Waals surface area (Å²) < 4.78 is 28.1. The normalized spacial score (nSPS) is 16.3. The van der Waals surface area contributed by atoms with Gasteiger partial charge in [-0.05, 0) is 111 Å². The summed E-state index contributed by atoms with van der Waals surface area (Å²) in [5.74, 6) is -0.181. The van der Waals surface area contributed by atoms with Gasteiger partial charge in [0.1, 0.15) is 0 Å². The standard InChI is InChI=1S/C27H29ClN2O3S/c1-16-12-18(3)25(13-17(16)2)20(5)29-27(31)21-6-11-26-22(15-21)14-19(4)30(26)34(32,33)24-9-7-23(28)8-10-24/h6-13,15,19-20H,14H2,1-5H3,(H,29,31). The number of anilines is 1. The number of nitrogens with zero attached hydrogens (tertiary/aromatic N) is 1. The quantitative estimate of drug-likeness (QED) is 0.478. The first kappa shape index (κ1) is 24.3. The van der Waals surface area contributed by atoms with Crippen LogP contribution in [-0.4, -0.2) is 20.4 Å². The van der Waals surface area contributed by atoms with Crippen LogP contribution in [0, 0.1) is 20.8 Å². The fourth-order valence-corrected chi connectivity index (χ4v) is 6.46. The number of halogens is 1. The number of amides is 1. The van der Waals surface area contributed by atoms with Crippen molar-refractivity contribution in [3.05, 3.63) is 93.0 Å². The molecule has 0 bridgehead atoms. The van der Waals surface area contributed by atoms with Crippen molar-refractivity contribution in [3.8, 4) is 0 Å². The molecule has 1 heterocycles. The van der Waals surface area contributed by atoms with E-state index in [4.69, 9.17) is 11.6 Å². The molecule has 0 spiro atoms. The lowest BCUT2D eigenvalue weighted by atomic mass is 9.96. The van der Waals surface area contributed by atoms with E-state index in [1.165, 1.54) is 27.6 Å². The molecule has 3 aromatic rings. The van der Waals surface area contributed by atoms with Crippen LogP contribution in [0.4, 0.5) is 5.69 Å². The van der Waals surface area contributed by atoms with Crippen LogP contribution < -0.4 is 9.62 Å². The summed E-state index contributed by atoms with van der Waals surface area (Å²) in [6.45, 7) is 10.1.